The van der Waals surface area contributed by atoms with Gasteiger partial charge in [-0.3, -0.25) is 4.84 Å². The first-order chi connectivity index (χ1) is 8.63. The van der Waals surface area contributed by atoms with Crippen molar-refractivity contribution < 1.29 is 14.4 Å². The molecule has 0 saturated carbocycles. The van der Waals surface area contributed by atoms with Gasteiger partial charge in [0.15, 0.2) is 5.84 Å². The van der Waals surface area contributed by atoms with Crippen LogP contribution in [0.4, 0.5) is 4.79 Å². The fourth-order valence-electron chi connectivity index (χ4n) is 1.01. The molecule has 0 fully saturated rings. The molecule has 0 bridgehead atoms. The molecule has 5 nitrogen and oxygen atoms in total. The Labute approximate surface area is 108 Å². The van der Waals surface area contributed by atoms with Crippen LogP contribution in [0.2, 0.25) is 0 Å². The minimum absolute atomic E-state index is 0.132. The zero-order valence-corrected chi connectivity index (χ0v) is 11.3. The average Bonchev–Trinajstić information content (AvgIpc) is 2.39. The molecule has 0 atom stereocenters. The molecule has 0 amide bonds. The van der Waals surface area contributed by atoms with Crippen molar-refractivity contribution >= 4 is 12.0 Å². The molecule has 1 rings (SSSR count). The van der Waals surface area contributed by atoms with E-state index < -0.39 is 6.16 Å². The Hall–Kier alpha value is -2.04. The summed E-state index contributed by atoms with van der Waals surface area (Å²) in [4.78, 5) is 15.3. The van der Waals surface area contributed by atoms with Crippen LogP contribution in [0.25, 0.3) is 0 Å². The van der Waals surface area contributed by atoms with Crippen LogP contribution in [0, 0.1) is 6.92 Å². The van der Waals surface area contributed by atoms with E-state index in [1.54, 1.807) is 19.1 Å². The Bertz CT molecular complexity index is 386. The Kier molecular flexibility index (Phi) is 8.01. The number of hydrogen-bond acceptors (Lipinski definition) is 4. The molecule has 100 valence electrons. The number of hydrogen-bond donors (Lipinski definition) is 1. The van der Waals surface area contributed by atoms with E-state index in [1.807, 2.05) is 32.9 Å². The Morgan fingerprint density at radius 2 is 1.83 bits per heavy atom. The van der Waals surface area contributed by atoms with Crippen LogP contribution in [0.5, 0.6) is 0 Å². The molecule has 0 radical (unpaired) electrons. The largest absolute Gasteiger partial charge is 0.535 e. The van der Waals surface area contributed by atoms with Crippen molar-refractivity contribution in [2.24, 2.45) is 10.9 Å². The van der Waals surface area contributed by atoms with Crippen LogP contribution in [0.3, 0.4) is 0 Å². The summed E-state index contributed by atoms with van der Waals surface area (Å²) >= 11 is 0. The number of nitrogens with two attached hydrogens (primary N) is 1. The zero-order chi connectivity index (χ0) is 14.0. The van der Waals surface area contributed by atoms with Crippen molar-refractivity contribution in [2.45, 2.75) is 27.7 Å². The first-order valence-corrected chi connectivity index (χ1v) is 5.87. The highest BCUT2D eigenvalue weighted by molar-refractivity contribution is 5.97. The van der Waals surface area contributed by atoms with E-state index in [4.69, 9.17) is 5.73 Å². The van der Waals surface area contributed by atoms with E-state index in [2.05, 4.69) is 14.7 Å². The number of benzene rings is 1. The summed E-state index contributed by atoms with van der Waals surface area (Å²) in [6.45, 7) is 7.87. The summed E-state index contributed by atoms with van der Waals surface area (Å²) in [6, 6.07) is 7.37. The van der Waals surface area contributed by atoms with Crippen molar-refractivity contribution in [3.63, 3.8) is 0 Å². The van der Waals surface area contributed by atoms with Gasteiger partial charge in [0, 0.05) is 5.56 Å². The van der Waals surface area contributed by atoms with E-state index in [9.17, 15) is 4.79 Å². The van der Waals surface area contributed by atoms with Gasteiger partial charge in [-0.05, 0) is 13.8 Å². The summed E-state index contributed by atoms with van der Waals surface area (Å²) < 4.78 is 4.52. The van der Waals surface area contributed by atoms with Crippen LogP contribution in [-0.4, -0.2) is 18.6 Å². The summed E-state index contributed by atoms with van der Waals surface area (Å²) in [7, 11) is 0. The number of carbonyl (C=O) groups excluding carboxylic acids is 1. The monoisotopic (exact) mass is 252 g/mol. The lowest BCUT2D eigenvalue weighted by Crippen LogP contribution is -2.15. The molecule has 0 aliphatic carbocycles. The quantitative estimate of drug-likeness (QED) is 0.295. The van der Waals surface area contributed by atoms with Crippen LogP contribution >= 0.6 is 0 Å². The van der Waals surface area contributed by atoms with Gasteiger partial charge < -0.3 is 10.5 Å². The third-order valence-corrected chi connectivity index (χ3v) is 1.83. The minimum atomic E-state index is -0.863. The summed E-state index contributed by atoms with van der Waals surface area (Å²) in [5.41, 5.74) is 7.41. The molecule has 5 heteroatoms. The first-order valence-electron chi connectivity index (χ1n) is 5.87. The predicted octanol–water partition coefficient (Wildman–Crippen LogP) is 2.81. The lowest BCUT2D eigenvalue weighted by Gasteiger charge is -2.01. The lowest BCUT2D eigenvalue weighted by molar-refractivity contribution is 0.0613. The van der Waals surface area contributed by atoms with Gasteiger partial charge in [0.05, 0.1) is 6.61 Å². The number of rotatable bonds is 3. The number of amidine groups is 1. The van der Waals surface area contributed by atoms with Crippen LogP contribution in [0.15, 0.2) is 29.4 Å². The highest BCUT2D eigenvalue weighted by atomic mass is 16.8. The highest BCUT2D eigenvalue weighted by Gasteiger charge is 2.03. The van der Waals surface area contributed by atoms with Gasteiger partial charge in [-0.25, -0.2) is 4.79 Å². The minimum Gasteiger partial charge on any atom is -0.433 e. The maximum Gasteiger partial charge on any atom is 0.535 e. The molecule has 1 aromatic rings. The number of aryl methyl sites for hydroxylation is 1. The lowest BCUT2D eigenvalue weighted by atomic mass is 10.1. The molecular weight excluding hydrogens is 232 g/mol. The van der Waals surface area contributed by atoms with Gasteiger partial charge in [0.2, 0.25) is 0 Å². The predicted molar refractivity (Wildman–Crippen MR) is 71.4 cm³/mol. The molecule has 0 aromatic heterocycles. The topological polar surface area (TPSA) is 73.9 Å². The third kappa shape index (κ3) is 5.89. The van der Waals surface area contributed by atoms with Gasteiger partial charge in [0.1, 0.15) is 0 Å². The van der Waals surface area contributed by atoms with Crippen LogP contribution < -0.4 is 5.73 Å². The molecule has 2 N–H and O–H groups in total. The Morgan fingerprint density at radius 3 is 2.33 bits per heavy atom. The van der Waals surface area contributed by atoms with Crippen LogP contribution in [0.1, 0.15) is 31.9 Å². The average molecular weight is 252 g/mol. The van der Waals surface area contributed by atoms with Gasteiger partial charge in [-0.15, -0.1) is 0 Å². The maximum atomic E-state index is 10.8. The number of ether oxygens (including phenoxy) is 1. The summed E-state index contributed by atoms with van der Waals surface area (Å²) in [6.07, 6.45) is -0.863. The summed E-state index contributed by atoms with van der Waals surface area (Å²) in [5.74, 6) is 0.132. The Balaban J connectivity index is 0.00000137. The van der Waals surface area contributed by atoms with E-state index >= 15 is 0 Å². The fraction of sp³-hybridized carbons (Fsp3) is 0.385. The van der Waals surface area contributed by atoms with Crippen molar-refractivity contribution in [3.05, 3.63) is 35.4 Å². The molecule has 0 aliphatic rings. The van der Waals surface area contributed by atoms with E-state index in [0.717, 1.165) is 5.56 Å². The van der Waals surface area contributed by atoms with Crippen molar-refractivity contribution in [1.82, 2.24) is 0 Å². The first kappa shape index (κ1) is 16.0. The number of carbonyl (C=O) groups is 1. The van der Waals surface area contributed by atoms with Crippen molar-refractivity contribution in [3.8, 4) is 0 Å². The number of oxime groups is 1. The molecule has 0 heterocycles. The molecular formula is C13H20N2O3. The maximum absolute atomic E-state index is 10.8. The highest BCUT2D eigenvalue weighted by Crippen LogP contribution is 2.02. The second-order valence-electron chi connectivity index (χ2n) is 3.12. The van der Waals surface area contributed by atoms with Gasteiger partial charge >= 0.3 is 6.16 Å². The van der Waals surface area contributed by atoms with E-state index in [-0.39, 0.29) is 12.4 Å². The van der Waals surface area contributed by atoms with Crippen LogP contribution in [-0.2, 0) is 9.57 Å². The van der Waals surface area contributed by atoms with Gasteiger partial charge in [-0.1, -0.05) is 48.8 Å². The molecule has 1 aromatic carbocycles. The van der Waals surface area contributed by atoms with Gasteiger partial charge in [-0.2, -0.15) is 0 Å². The molecule has 0 spiro atoms. The van der Waals surface area contributed by atoms with E-state index in [1.165, 1.54) is 0 Å². The standard InChI is InChI=1S/C11H14N2O3.C2H6/c1-3-15-11(14)16-13-10(12)9-6-4-8(2)5-7-9;1-2/h4-7H,3H2,1-2H3,(H2,12,13);1-2H3. The Morgan fingerprint density at radius 1 is 1.28 bits per heavy atom. The SMILES string of the molecule is CC.CCOC(=O)O/N=C(\N)c1ccc(C)cc1. The molecule has 0 unspecified atom stereocenters. The molecule has 0 saturated heterocycles. The second kappa shape index (κ2) is 9.04. The number of nitrogens with zero attached hydrogens (tertiary/aromatic N) is 1. The van der Waals surface area contributed by atoms with Gasteiger partial charge in [0.25, 0.3) is 0 Å². The summed E-state index contributed by atoms with van der Waals surface area (Å²) in [5, 5.41) is 3.46. The van der Waals surface area contributed by atoms with Crippen molar-refractivity contribution in [1.29, 1.82) is 0 Å². The normalized spacial score (nSPS) is 10.1. The molecule has 0 aliphatic heterocycles. The fourth-order valence-corrected chi connectivity index (χ4v) is 1.01. The second-order valence-corrected chi connectivity index (χ2v) is 3.12. The van der Waals surface area contributed by atoms with Crippen molar-refractivity contribution in [2.75, 3.05) is 6.61 Å². The smallest absolute Gasteiger partial charge is 0.433 e. The zero-order valence-electron chi connectivity index (χ0n) is 11.3. The van der Waals surface area contributed by atoms with E-state index in [0.29, 0.717) is 5.56 Å². The molecule has 18 heavy (non-hydrogen) atoms. The third-order valence-electron chi connectivity index (χ3n) is 1.83.